The van der Waals surface area contributed by atoms with Crippen LogP contribution in [0.2, 0.25) is 0 Å². The number of carbonyl (C=O) groups is 3. The van der Waals surface area contributed by atoms with Gasteiger partial charge < -0.3 is 35.4 Å². The molecule has 0 fully saturated rings. The summed E-state index contributed by atoms with van der Waals surface area (Å²) in [5.74, 6) is 2.16. The van der Waals surface area contributed by atoms with Crippen molar-refractivity contribution in [3.63, 3.8) is 0 Å². The number of benzene rings is 6. The maximum atomic E-state index is 13.1. The van der Waals surface area contributed by atoms with Crippen LogP contribution in [0.3, 0.4) is 0 Å². The minimum atomic E-state index is -0.952. The van der Waals surface area contributed by atoms with Crippen molar-refractivity contribution in [2.45, 2.75) is 79.6 Å². The third kappa shape index (κ3) is 6.28. The van der Waals surface area contributed by atoms with Gasteiger partial charge in [0, 0.05) is 76.1 Å². The number of phenols is 1. The molecule has 15 rings (SSSR count). The van der Waals surface area contributed by atoms with E-state index in [0.717, 1.165) is 48.1 Å². The fourth-order valence-electron chi connectivity index (χ4n) is 15.0. The molecule has 7 aromatic rings. The van der Waals surface area contributed by atoms with Gasteiger partial charge in [-0.1, -0.05) is 103 Å². The Morgan fingerprint density at radius 2 is 1.00 bits per heavy atom. The van der Waals surface area contributed by atoms with Crippen LogP contribution in [-0.4, -0.2) is 60.3 Å². The molecule has 6 N–H and O–H groups in total. The number of fused-ring (bicyclic) bond motifs is 32. The number of amides is 3. The van der Waals surface area contributed by atoms with Crippen molar-refractivity contribution in [1.82, 2.24) is 15.6 Å². The molecule has 3 amide bonds. The summed E-state index contributed by atoms with van der Waals surface area (Å²) in [5.41, 5.74) is 28.7. The molecule has 0 unspecified atom stereocenters. The van der Waals surface area contributed by atoms with E-state index in [2.05, 4.69) is 93.4 Å². The van der Waals surface area contributed by atoms with Gasteiger partial charge in [-0.05, 0) is 110 Å². The molecule has 12 nitrogen and oxygen atoms in total. The average Bonchev–Trinajstić information content (AvgIpc) is 4.29. The van der Waals surface area contributed by atoms with Crippen molar-refractivity contribution < 1.29 is 33.7 Å². The highest BCUT2D eigenvalue weighted by Crippen LogP contribution is 2.71. The molecule has 0 spiro atoms. The summed E-state index contributed by atoms with van der Waals surface area (Å²) in [6.45, 7) is 1.09. The van der Waals surface area contributed by atoms with Gasteiger partial charge in [-0.25, -0.2) is 4.79 Å². The minimum absolute atomic E-state index is 0.00556. The number of nitrogens with one attached hydrogen (secondary N) is 3. The number of phenolic OH excluding ortho intramolecular Hbond substituents is 1. The van der Waals surface area contributed by atoms with Crippen molar-refractivity contribution in [3.8, 4) is 11.5 Å². The smallest absolute Gasteiger partial charge is 0.437 e. The Hall–Kier alpha value is -7.96. The molecule has 362 valence electrons. The summed E-state index contributed by atoms with van der Waals surface area (Å²) in [4.78, 5) is 44.4. The molecule has 8 atom stereocenters. The van der Waals surface area contributed by atoms with Gasteiger partial charge in [0.2, 0.25) is 5.96 Å². The summed E-state index contributed by atoms with van der Waals surface area (Å²) < 4.78 is 18.2. The van der Waals surface area contributed by atoms with Crippen LogP contribution in [0.4, 0.5) is 4.79 Å². The second-order valence-electron chi connectivity index (χ2n) is 21.2. The number of hydrogen-bond acceptors (Lipinski definition) is 7. The predicted octanol–water partition coefficient (Wildman–Crippen LogP) is 9.85. The van der Waals surface area contributed by atoms with Gasteiger partial charge >= 0.3 is 6.09 Å². The lowest BCUT2D eigenvalue weighted by atomic mass is 9.74. The van der Waals surface area contributed by atoms with Crippen LogP contribution in [0, 0.1) is 0 Å². The van der Waals surface area contributed by atoms with E-state index in [9.17, 15) is 19.5 Å². The minimum Gasteiger partial charge on any atom is -0.507 e. The highest BCUT2D eigenvalue weighted by molar-refractivity contribution is 6.07. The Morgan fingerprint density at radius 1 is 0.548 bits per heavy atom. The Morgan fingerprint density at radius 3 is 1.52 bits per heavy atom. The molecule has 0 saturated carbocycles. The number of carbonyl (C=O) groups excluding carboxylic acids is 3. The van der Waals surface area contributed by atoms with Gasteiger partial charge in [-0.2, -0.15) is 0 Å². The lowest BCUT2D eigenvalue weighted by Gasteiger charge is -2.32. The zero-order chi connectivity index (χ0) is 48.8. The Balaban J connectivity index is 0.648. The van der Waals surface area contributed by atoms with Crippen molar-refractivity contribution in [1.29, 1.82) is 0 Å². The summed E-state index contributed by atoms with van der Waals surface area (Å²) in [7, 11) is 0. The third-order valence-electron chi connectivity index (χ3n) is 17.8. The van der Waals surface area contributed by atoms with E-state index in [1.54, 1.807) is 12.1 Å². The number of rotatable bonds is 11. The van der Waals surface area contributed by atoms with Gasteiger partial charge in [-0.15, -0.1) is 4.99 Å². The van der Waals surface area contributed by atoms with Crippen LogP contribution in [0.25, 0.3) is 0 Å². The van der Waals surface area contributed by atoms with Crippen molar-refractivity contribution in [2.75, 3.05) is 26.4 Å². The molecule has 0 aliphatic heterocycles. The Bertz CT molecular complexity index is 3440. The van der Waals surface area contributed by atoms with E-state index in [1.807, 2.05) is 18.2 Å². The van der Waals surface area contributed by atoms with Gasteiger partial charge in [0.05, 0.1) is 13.2 Å². The van der Waals surface area contributed by atoms with Crippen LogP contribution in [-0.2, 0) is 16.1 Å². The van der Waals surface area contributed by atoms with Gasteiger partial charge in [0.15, 0.2) is 0 Å². The molecule has 8 bridgehead atoms. The van der Waals surface area contributed by atoms with E-state index in [1.165, 1.54) is 90.0 Å². The maximum absolute atomic E-state index is 13.1. The molecule has 12 heteroatoms. The molecular weight excluding hydrogens is 915 g/mol. The van der Waals surface area contributed by atoms with E-state index in [0.29, 0.717) is 42.6 Å². The molecule has 8 aliphatic rings. The first-order chi connectivity index (χ1) is 35.8. The largest absolute Gasteiger partial charge is 0.507 e. The topological polar surface area (TPSA) is 177 Å². The lowest BCUT2D eigenvalue weighted by molar-refractivity contribution is 0.0861. The number of aliphatic imine (C=N–C) groups is 1. The third-order valence-corrected chi connectivity index (χ3v) is 17.8. The normalized spacial score (nSPS) is 23.5. The fourth-order valence-corrected chi connectivity index (χ4v) is 15.0. The highest BCUT2D eigenvalue weighted by Gasteiger charge is 2.55. The first-order valence-corrected chi connectivity index (χ1v) is 25.8. The number of nitrogens with two attached hydrogens (primary N) is 1. The molecule has 1 aromatic heterocycles. The first-order valence-electron chi connectivity index (χ1n) is 25.8. The predicted molar refractivity (Wildman–Crippen MR) is 272 cm³/mol. The molecule has 0 radical (unpaired) electrons. The van der Waals surface area contributed by atoms with Crippen LogP contribution in [0.15, 0.2) is 120 Å². The monoisotopic (exact) mass is 965 g/mol. The number of guanidine groups is 1. The maximum Gasteiger partial charge on any atom is 0.437 e. The van der Waals surface area contributed by atoms with Crippen molar-refractivity contribution >= 4 is 23.9 Å². The number of ether oxygens (including phenoxy) is 3. The standard InChI is InChI=1S/C61H51N5O7/c62-60(66-61(70)73-28-29-8-2-1-3-9-29)65-59(69)51-15-14-50(64-51)58(68)63-16-17-71-18-19-72-57-54-48-26-46(42-22-38-34-20-36(40(38)24-44(42)48)32-12-6-4-10-30(32)34)52(54)56(67)53-47-27-49(55(53)57)45-25-41-37-21-35(39(41)23-43(45)47)31-11-5-7-13-33(31)37/h1-15,22-25,34-37,46-49,64,67H,16-21,26-28H2,(H,63,68)(H3,62,65,66,69,70)/t34-,35+,36+,37-,46-,47+,48+,49-. The summed E-state index contributed by atoms with van der Waals surface area (Å²) in [6.07, 6.45) is 3.22. The van der Waals surface area contributed by atoms with Crippen molar-refractivity contribution in [3.05, 3.63) is 221 Å². The molecule has 1 heterocycles. The van der Waals surface area contributed by atoms with E-state index >= 15 is 0 Å². The van der Waals surface area contributed by atoms with E-state index in [4.69, 9.17) is 19.9 Å². The van der Waals surface area contributed by atoms with Crippen LogP contribution in [0.5, 0.6) is 11.5 Å². The molecule has 6 aromatic carbocycles. The Kier molecular flexibility index (Phi) is 9.37. The zero-order valence-electron chi connectivity index (χ0n) is 39.9. The summed E-state index contributed by atoms with van der Waals surface area (Å²) in [5, 5.41) is 18.0. The quantitative estimate of drug-likeness (QED) is 0.0483. The molecule has 0 saturated heterocycles. The second-order valence-corrected chi connectivity index (χ2v) is 21.2. The molecular formula is C61H51N5O7. The molecule has 73 heavy (non-hydrogen) atoms. The fraction of sp³-hybridized carbons (Fsp3) is 0.279. The van der Waals surface area contributed by atoms with Gasteiger partial charge in [0.1, 0.15) is 36.1 Å². The van der Waals surface area contributed by atoms with Gasteiger partial charge in [-0.3, -0.25) is 14.9 Å². The van der Waals surface area contributed by atoms with E-state index in [-0.39, 0.29) is 54.8 Å². The average molecular weight is 966 g/mol. The van der Waals surface area contributed by atoms with Crippen LogP contribution < -0.4 is 21.1 Å². The van der Waals surface area contributed by atoms with Gasteiger partial charge in [0.25, 0.3) is 11.8 Å². The zero-order valence-corrected chi connectivity index (χ0v) is 39.9. The SMILES string of the molecule is N/C(=N\C(=O)OCc1ccccc1)NC(=O)c1ccc(C(=O)NCCOCCOc2c3c(c(O)c4c2[C@H]2C[C@@H]4c4cc5c(cc42)[C@H]2C[C@@H]5c4ccccc42)[C@H]2C[C@@H]3c3cc4c(cc32)[C@H]2C[C@@H]4c3ccccc32)[nH]1. The first kappa shape index (κ1) is 42.7. The van der Waals surface area contributed by atoms with E-state index < -0.39 is 23.9 Å². The molecule has 8 aliphatic carbocycles. The summed E-state index contributed by atoms with van der Waals surface area (Å²) in [6, 6.07) is 40.1. The number of aromatic hydroxyl groups is 1. The lowest BCUT2D eigenvalue weighted by Crippen LogP contribution is -2.37. The number of hydrogen-bond donors (Lipinski definition) is 5. The number of nitrogens with zero attached hydrogens (tertiary/aromatic N) is 1. The highest BCUT2D eigenvalue weighted by atomic mass is 16.5. The number of aromatic amines is 1. The van der Waals surface area contributed by atoms with Crippen LogP contribution in [0.1, 0.15) is 189 Å². The Labute approximate surface area is 421 Å². The number of H-pyrrole nitrogens is 1. The van der Waals surface area contributed by atoms with Crippen LogP contribution >= 0.6 is 0 Å². The summed E-state index contributed by atoms with van der Waals surface area (Å²) >= 11 is 0. The second kappa shape index (κ2) is 16.0. The number of aromatic nitrogens is 1. The van der Waals surface area contributed by atoms with Crippen molar-refractivity contribution in [2.24, 2.45) is 10.7 Å².